The van der Waals surface area contributed by atoms with E-state index in [1.807, 2.05) is 6.92 Å². The van der Waals surface area contributed by atoms with Crippen LogP contribution in [0.3, 0.4) is 0 Å². The number of hydrogen-bond donors (Lipinski definition) is 1. The molecule has 72 valence electrons. The molecular weight excluding hydrogens is 170 g/mol. The predicted octanol–water partition coefficient (Wildman–Crippen LogP) is 0.178. The second kappa shape index (κ2) is 3.93. The Balaban J connectivity index is 2.84. The number of nitrogens with one attached hydrogen (secondary N) is 1. The van der Waals surface area contributed by atoms with Gasteiger partial charge in [-0.25, -0.2) is 4.68 Å². The van der Waals surface area contributed by atoms with Crippen LogP contribution in [-0.4, -0.2) is 29.3 Å². The van der Waals surface area contributed by atoms with Crippen LogP contribution in [0, 0.1) is 0 Å². The molecule has 0 saturated heterocycles. The summed E-state index contributed by atoms with van der Waals surface area (Å²) >= 11 is 0. The zero-order chi connectivity index (χ0) is 9.84. The molecule has 1 heterocycles. The van der Waals surface area contributed by atoms with Crippen molar-refractivity contribution in [1.82, 2.24) is 15.1 Å². The third-order valence-corrected chi connectivity index (χ3v) is 1.62. The zero-order valence-electron chi connectivity index (χ0n) is 8.00. The normalized spacial score (nSPS) is 9.77. The van der Waals surface area contributed by atoms with E-state index in [1.165, 1.54) is 4.68 Å². The van der Waals surface area contributed by atoms with Crippen LogP contribution in [0.25, 0.3) is 0 Å². The molecule has 0 aliphatic carbocycles. The van der Waals surface area contributed by atoms with Gasteiger partial charge in [0.2, 0.25) is 5.88 Å². The van der Waals surface area contributed by atoms with Crippen molar-refractivity contribution in [2.24, 2.45) is 7.05 Å². The molecule has 5 heteroatoms. The maximum Gasteiger partial charge on any atom is 0.271 e. The van der Waals surface area contributed by atoms with Crippen molar-refractivity contribution in [3.63, 3.8) is 0 Å². The molecule has 0 atom stereocenters. The van der Waals surface area contributed by atoms with Crippen molar-refractivity contribution in [1.29, 1.82) is 0 Å². The van der Waals surface area contributed by atoms with Crippen molar-refractivity contribution in [2.75, 3.05) is 13.7 Å². The van der Waals surface area contributed by atoms with Crippen LogP contribution in [0.5, 0.6) is 5.88 Å². The Kier molecular flexibility index (Phi) is 2.89. The van der Waals surface area contributed by atoms with Gasteiger partial charge >= 0.3 is 0 Å². The Morgan fingerprint density at radius 3 is 2.92 bits per heavy atom. The van der Waals surface area contributed by atoms with Gasteiger partial charge in [-0.1, -0.05) is 0 Å². The van der Waals surface area contributed by atoms with Gasteiger partial charge in [-0.2, -0.15) is 5.10 Å². The van der Waals surface area contributed by atoms with E-state index in [9.17, 15) is 4.79 Å². The van der Waals surface area contributed by atoms with E-state index >= 15 is 0 Å². The fourth-order valence-corrected chi connectivity index (χ4v) is 1.00. The molecule has 0 spiro atoms. The summed E-state index contributed by atoms with van der Waals surface area (Å²) in [4.78, 5) is 11.3. The molecule has 0 saturated carbocycles. The highest BCUT2D eigenvalue weighted by Gasteiger charge is 2.11. The van der Waals surface area contributed by atoms with E-state index in [-0.39, 0.29) is 5.91 Å². The summed E-state index contributed by atoms with van der Waals surface area (Å²) in [6.45, 7) is 2.45. The molecule has 0 bridgehead atoms. The molecule has 1 rings (SSSR count). The lowest BCUT2D eigenvalue weighted by Gasteiger charge is -1.95. The second-order valence-corrected chi connectivity index (χ2v) is 2.56. The van der Waals surface area contributed by atoms with E-state index in [1.54, 1.807) is 20.2 Å². The van der Waals surface area contributed by atoms with Crippen molar-refractivity contribution in [3.8, 4) is 5.88 Å². The summed E-state index contributed by atoms with van der Waals surface area (Å²) in [5, 5.41) is 6.64. The first-order valence-electron chi connectivity index (χ1n) is 4.05. The van der Waals surface area contributed by atoms with Crippen molar-refractivity contribution in [2.45, 2.75) is 6.92 Å². The summed E-state index contributed by atoms with van der Waals surface area (Å²) < 4.78 is 6.49. The number of aromatic nitrogens is 2. The van der Waals surface area contributed by atoms with Gasteiger partial charge in [-0.05, 0) is 6.92 Å². The van der Waals surface area contributed by atoms with Crippen LogP contribution < -0.4 is 10.1 Å². The number of carbonyl (C=O) groups excluding carboxylic acids is 1. The maximum absolute atomic E-state index is 11.3. The Morgan fingerprint density at radius 2 is 2.46 bits per heavy atom. The fourth-order valence-electron chi connectivity index (χ4n) is 1.00. The predicted molar refractivity (Wildman–Crippen MR) is 47.8 cm³/mol. The topological polar surface area (TPSA) is 56.1 Å². The van der Waals surface area contributed by atoms with Gasteiger partial charge in [0.15, 0.2) is 5.69 Å². The first-order chi connectivity index (χ1) is 6.19. The van der Waals surface area contributed by atoms with E-state index in [0.717, 1.165) is 0 Å². The fraction of sp³-hybridized carbons (Fsp3) is 0.500. The monoisotopic (exact) mass is 183 g/mol. The van der Waals surface area contributed by atoms with Gasteiger partial charge in [-0.15, -0.1) is 0 Å². The SMILES string of the molecule is CCNC(=O)c1cc(OC)n(C)n1. The lowest BCUT2D eigenvalue weighted by Crippen LogP contribution is -2.23. The average molecular weight is 183 g/mol. The van der Waals surface area contributed by atoms with E-state index in [4.69, 9.17) is 4.74 Å². The quantitative estimate of drug-likeness (QED) is 0.727. The minimum atomic E-state index is -0.179. The second-order valence-electron chi connectivity index (χ2n) is 2.56. The zero-order valence-corrected chi connectivity index (χ0v) is 8.00. The van der Waals surface area contributed by atoms with Crippen LogP contribution in [0.2, 0.25) is 0 Å². The molecule has 0 aliphatic heterocycles. The molecule has 1 aromatic rings. The highest BCUT2D eigenvalue weighted by atomic mass is 16.5. The largest absolute Gasteiger partial charge is 0.481 e. The molecule has 0 fully saturated rings. The van der Waals surface area contributed by atoms with E-state index in [2.05, 4.69) is 10.4 Å². The number of hydrogen-bond acceptors (Lipinski definition) is 3. The molecule has 5 nitrogen and oxygen atoms in total. The van der Waals surface area contributed by atoms with Crippen molar-refractivity contribution >= 4 is 5.91 Å². The van der Waals surface area contributed by atoms with E-state index in [0.29, 0.717) is 18.1 Å². The molecule has 13 heavy (non-hydrogen) atoms. The van der Waals surface area contributed by atoms with Crippen LogP contribution in [0.1, 0.15) is 17.4 Å². The third-order valence-electron chi connectivity index (χ3n) is 1.62. The van der Waals surface area contributed by atoms with Crippen LogP contribution in [0.15, 0.2) is 6.07 Å². The number of rotatable bonds is 3. The molecule has 0 unspecified atom stereocenters. The molecule has 1 N–H and O–H groups in total. The van der Waals surface area contributed by atoms with Crippen molar-refractivity contribution < 1.29 is 9.53 Å². The van der Waals surface area contributed by atoms with Crippen molar-refractivity contribution in [3.05, 3.63) is 11.8 Å². The van der Waals surface area contributed by atoms with Gasteiger partial charge < -0.3 is 10.1 Å². The third kappa shape index (κ3) is 1.99. The highest BCUT2D eigenvalue weighted by Crippen LogP contribution is 2.10. The number of methoxy groups -OCH3 is 1. The molecule has 1 amide bonds. The summed E-state index contributed by atoms with van der Waals surface area (Å²) in [5.74, 6) is 0.391. The first kappa shape index (κ1) is 9.57. The summed E-state index contributed by atoms with van der Waals surface area (Å²) in [6.07, 6.45) is 0. The smallest absolute Gasteiger partial charge is 0.271 e. The summed E-state index contributed by atoms with van der Waals surface area (Å²) in [7, 11) is 3.26. The van der Waals surface area contributed by atoms with Gasteiger partial charge in [0, 0.05) is 19.7 Å². The Labute approximate surface area is 76.7 Å². The Hall–Kier alpha value is -1.52. The lowest BCUT2D eigenvalue weighted by molar-refractivity contribution is 0.0950. The van der Waals surface area contributed by atoms with Crippen LogP contribution in [0.4, 0.5) is 0 Å². The standard InChI is InChI=1S/C8H13N3O2/c1-4-9-8(12)6-5-7(13-3)11(2)10-6/h5H,4H2,1-3H3,(H,9,12). The number of ether oxygens (including phenoxy) is 1. The molecular formula is C8H13N3O2. The molecule has 1 aromatic heterocycles. The highest BCUT2D eigenvalue weighted by molar-refractivity contribution is 5.92. The van der Waals surface area contributed by atoms with Gasteiger partial charge in [0.25, 0.3) is 5.91 Å². The number of nitrogens with zero attached hydrogens (tertiary/aromatic N) is 2. The summed E-state index contributed by atoms with van der Waals surface area (Å²) in [5.41, 5.74) is 0.376. The minimum absolute atomic E-state index is 0.179. The Morgan fingerprint density at radius 1 is 1.77 bits per heavy atom. The number of aryl methyl sites for hydroxylation is 1. The first-order valence-corrected chi connectivity index (χ1v) is 4.05. The van der Waals surface area contributed by atoms with Gasteiger partial charge in [0.05, 0.1) is 7.11 Å². The maximum atomic E-state index is 11.3. The Bertz CT molecular complexity index is 306. The lowest BCUT2D eigenvalue weighted by atomic mass is 10.4. The molecule has 0 radical (unpaired) electrons. The van der Waals surface area contributed by atoms with Gasteiger partial charge in [-0.3, -0.25) is 4.79 Å². The number of amides is 1. The average Bonchev–Trinajstić information content (AvgIpc) is 2.47. The summed E-state index contributed by atoms with van der Waals surface area (Å²) in [6, 6.07) is 1.60. The number of carbonyl (C=O) groups is 1. The van der Waals surface area contributed by atoms with E-state index < -0.39 is 0 Å². The minimum Gasteiger partial charge on any atom is -0.481 e. The molecule has 0 aliphatic rings. The van der Waals surface area contributed by atoms with Gasteiger partial charge in [0.1, 0.15) is 0 Å². The van der Waals surface area contributed by atoms with Crippen LogP contribution >= 0.6 is 0 Å². The van der Waals surface area contributed by atoms with Crippen LogP contribution in [-0.2, 0) is 7.05 Å². The molecule has 0 aromatic carbocycles.